The van der Waals surface area contributed by atoms with Crippen LogP contribution in [0.2, 0.25) is 0 Å². The van der Waals surface area contributed by atoms with Gasteiger partial charge >= 0.3 is 5.97 Å². The molecule has 1 atom stereocenters. The quantitative estimate of drug-likeness (QED) is 0.622. The van der Waals surface area contributed by atoms with E-state index < -0.39 is 12.1 Å². The Bertz CT molecular complexity index is 420. The van der Waals surface area contributed by atoms with Gasteiger partial charge in [-0.1, -0.05) is 0 Å². The normalized spacial score (nSPS) is 19.6. The Labute approximate surface area is 103 Å². The molecule has 2 rings (SSSR count). The van der Waals surface area contributed by atoms with Gasteiger partial charge in [0, 0.05) is 6.54 Å². The Balaban J connectivity index is 1.92. The van der Waals surface area contributed by atoms with Crippen molar-refractivity contribution in [1.29, 1.82) is 0 Å². The molecule has 1 aromatic rings. The molecule has 2 heterocycles. The second-order valence-electron chi connectivity index (χ2n) is 3.82. The van der Waals surface area contributed by atoms with Crippen molar-refractivity contribution in [2.75, 3.05) is 26.8 Å². The molecule has 1 aromatic heterocycles. The minimum atomic E-state index is -0.705. The van der Waals surface area contributed by atoms with Gasteiger partial charge in [-0.25, -0.2) is 14.5 Å². The number of morpholine rings is 1. The fourth-order valence-corrected chi connectivity index (χ4v) is 1.70. The van der Waals surface area contributed by atoms with Gasteiger partial charge in [-0.2, -0.15) is 5.10 Å². The van der Waals surface area contributed by atoms with Crippen LogP contribution in [0.3, 0.4) is 0 Å². The van der Waals surface area contributed by atoms with E-state index in [1.165, 1.54) is 24.4 Å². The monoisotopic (exact) mass is 254 g/mol. The molecule has 8 heteroatoms. The van der Waals surface area contributed by atoms with Gasteiger partial charge in [0.1, 0.15) is 19.2 Å². The van der Waals surface area contributed by atoms with Crippen LogP contribution in [0.15, 0.2) is 12.7 Å². The fraction of sp³-hybridized carbons (Fsp3) is 0.600. The van der Waals surface area contributed by atoms with Gasteiger partial charge in [0.05, 0.1) is 20.3 Å². The van der Waals surface area contributed by atoms with E-state index in [9.17, 15) is 9.59 Å². The maximum atomic E-state index is 12.0. The van der Waals surface area contributed by atoms with Gasteiger partial charge in [-0.3, -0.25) is 4.79 Å². The van der Waals surface area contributed by atoms with E-state index in [0.29, 0.717) is 13.2 Å². The fourth-order valence-electron chi connectivity index (χ4n) is 1.70. The van der Waals surface area contributed by atoms with E-state index >= 15 is 0 Å². The van der Waals surface area contributed by atoms with Gasteiger partial charge in [-0.05, 0) is 0 Å². The van der Waals surface area contributed by atoms with E-state index in [1.807, 2.05) is 0 Å². The molecule has 98 valence electrons. The van der Waals surface area contributed by atoms with Crippen LogP contribution >= 0.6 is 0 Å². The van der Waals surface area contributed by atoms with Crippen molar-refractivity contribution >= 4 is 11.9 Å². The molecule has 1 fully saturated rings. The van der Waals surface area contributed by atoms with Crippen molar-refractivity contribution in [2.45, 2.75) is 12.6 Å². The molecule has 18 heavy (non-hydrogen) atoms. The van der Waals surface area contributed by atoms with Gasteiger partial charge in [-0.15, -0.1) is 0 Å². The molecular formula is C10H14N4O4. The largest absolute Gasteiger partial charge is 0.467 e. The van der Waals surface area contributed by atoms with E-state index in [-0.39, 0.29) is 19.0 Å². The Kier molecular flexibility index (Phi) is 3.88. The molecule has 0 spiro atoms. The molecule has 0 N–H and O–H groups in total. The third-order valence-corrected chi connectivity index (χ3v) is 2.65. The summed E-state index contributed by atoms with van der Waals surface area (Å²) in [5.41, 5.74) is 0. The van der Waals surface area contributed by atoms with Gasteiger partial charge in [0.2, 0.25) is 5.91 Å². The first-order valence-electron chi connectivity index (χ1n) is 5.50. The van der Waals surface area contributed by atoms with E-state index in [2.05, 4.69) is 14.8 Å². The summed E-state index contributed by atoms with van der Waals surface area (Å²) < 4.78 is 11.3. The predicted molar refractivity (Wildman–Crippen MR) is 58.4 cm³/mol. The highest BCUT2D eigenvalue weighted by atomic mass is 16.6. The van der Waals surface area contributed by atoms with Crippen molar-refractivity contribution in [3.05, 3.63) is 12.7 Å². The highest BCUT2D eigenvalue weighted by Gasteiger charge is 2.29. The summed E-state index contributed by atoms with van der Waals surface area (Å²) in [6.07, 6.45) is 2.13. The van der Waals surface area contributed by atoms with Crippen LogP contribution in [0.4, 0.5) is 0 Å². The Morgan fingerprint density at radius 2 is 2.39 bits per heavy atom. The first-order valence-corrected chi connectivity index (χ1v) is 5.50. The zero-order valence-electron chi connectivity index (χ0n) is 9.98. The molecule has 1 saturated heterocycles. The van der Waals surface area contributed by atoms with E-state index in [0.717, 1.165) is 0 Å². The van der Waals surface area contributed by atoms with E-state index in [1.54, 1.807) is 4.90 Å². The summed E-state index contributed by atoms with van der Waals surface area (Å²) in [4.78, 5) is 28.6. The van der Waals surface area contributed by atoms with E-state index in [4.69, 9.17) is 4.74 Å². The van der Waals surface area contributed by atoms with Crippen LogP contribution in [0.25, 0.3) is 0 Å². The maximum Gasteiger partial charge on any atom is 0.336 e. The van der Waals surface area contributed by atoms with Crippen LogP contribution in [0, 0.1) is 0 Å². The first-order chi connectivity index (χ1) is 8.70. The molecule has 1 amide bonds. The topological polar surface area (TPSA) is 86.6 Å². The van der Waals surface area contributed by atoms with Crippen LogP contribution in [0.1, 0.15) is 0 Å². The third-order valence-electron chi connectivity index (χ3n) is 2.65. The molecule has 0 aromatic carbocycles. The third kappa shape index (κ3) is 2.83. The minimum absolute atomic E-state index is 0.105. The highest BCUT2D eigenvalue weighted by molar-refractivity contribution is 5.79. The number of methoxy groups -OCH3 is 1. The molecular weight excluding hydrogens is 240 g/mol. The zero-order chi connectivity index (χ0) is 13.0. The van der Waals surface area contributed by atoms with Crippen molar-refractivity contribution in [2.24, 2.45) is 0 Å². The van der Waals surface area contributed by atoms with Crippen molar-refractivity contribution in [3.8, 4) is 0 Å². The lowest BCUT2D eigenvalue weighted by atomic mass is 10.2. The number of esters is 1. The number of nitrogens with zero attached hydrogens (tertiary/aromatic N) is 4. The lowest BCUT2D eigenvalue weighted by Gasteiger charge is -2.31. The Morgan fingerprint density at radius 1 is 1.56 bits per heavy atom. The summed E-state index contributed by atoms with van der Waals surface area (Å²) in [6, 6.07) is 0. The van der Waals surface area contributed by atoms with Gasteiger partial charge in [0.15, 0.2) is 6.10 Å². The van der Waals surface area contributed by atoms with Crippen LogP contribution in [-0.4, -0.2) is 64.5 Å². The average molecular weight is 254 g/mol. The summed E-state index contributed by atoms with van der Waals surface area (Å²) in [5, 5.41) is 3.86. The Hall–Kier alpha value is -1.96. The average Bonchev–Trinajstić information content (AvgIpc) is 2.90. The number of amides is 1. The predicted octanol–water partition coefficient (Wildman–Crippen LogP) is -1.32. The summed E-state index contributed by atoms with van der Waals surface area (Å²) >= 11 is 0. The smallest absolute Gasteiger partial charge is 0.336 e. The zero-order valence-corrected chi connectivity index (χ0v) is 9.98. The Morgan fingerprint density at radius 3 is 3.06 bits per heavy atom. The number of rotatable bonds is 3. The van der Waals surface area contributed by atoms with Gasteiger partial charge in [0.25, 0.3) is 0 Å². The maximum absolute atomic E-state index is 12.0. The molecule has 1 aliphatic heterocycles. The van der Waals surface area contributed by atoms with Crippen molar-refractivity contribution in [3.63, 3.8) is 0 Å². The van der Waals surface area contributed by atoms with Crippen molar-refractivity contribution < 1.29 is 19.1 Å². The number of hydrogen-bond donors (Lipinski definition) is 0. The number of carbonyl (C=O) groups is 2. The lowest BCUT2D eigenvalue weighted by Crippen LogP contribution is -2.49. The molecule has 8 nitrogen and oxygen atoms in total. The molecule has 0 aliphatic carbocycles. The van der Waals surface area contributed by atoms with Gasteiger partial charge < -0.3 is 14.4 Å². The molecule has 1 unspecified atom stereocenters. The second-order valence-corrected chi connectivity index (χ2v) is 3.82. The first kappa shape index (κ1) is 12.5. The van der Waals surface area contributed by atoms with Crippen molar-refractivity contribution in [1.82, 2.24) is 19.7 Å². The SMILES string of the molecule is COC(=O)C1CN(C(=O)Cn2cncn2)CCO1. The van der Waals surface area contributed by atoms with Crippen LogP contribution in [0.5, 0.6) is 0 Å². The second kappa shape index (κ2) is 5.58. The molecule has 0 bridgehead atoms. The summed E-state index contributed by atoms with van der Waals surface area (Å²) in [5.74, 6) is -0.592. The number of aromatic nitrogens is 3. The standard InChI is InChI=1S/C10H14N4O4/c1-17-10(16)8-4-13(2-3-18-8)9(15)5-14-7-11-6-12-14/h6-8H,2-5H2,1H3. The molecule has 0 saturated carbocycles. The number of hydrogen-bond acceptors (Lipinski definition) is 6. The van der Waals surface area contributed by atoms with Crippen LogP contribution in [-0.2, 0) is 25.6 Å². The summed E-state index contributed by atoms with van der Waals surface area (Å²) in [6.45, 7) is 1.10. The minimum Gasteiger partial charge on any atom is -0.467 e. The summed E-state index contributed by atoms with van der Waals surface area (Å²) in [7, 11) is 1.29. The number of carbonyl (C=O) groups excluding carboxylic acids is 2. The molecule has 0 radical (unpaired) electrons. The lowest BCUT2D eigenvalue weighted by molar-refractivity contribution is -0.162. The highest BCUT2D eigenvalue weighted by Crippen LogP contribution is 2.07. The van der Waals surface area contributed by atoms with Crippen LogP contribution < -0.4 is 0 Å². The number of ether oxygens (including phenoxy) is 2. The molecule has 1 aliphatic rings.